The molecule has 1 saturated carbocycles. The Morgan fingerprint density at radius 2 is 1.85 bits per heavy atom. The molecule has 1 aromatic rings. The van der Waals surface area contributed by atoms with E-state index in [1.807, 2.05) is 72.8 Å². The zero-order chi connectivity index (χ0) is 25.6. The lowest BCUT2D eigenvalue weighted by molar-refractivity contribution is -0.108. The normalized spacial score (nSPS) is 13.2. The molecule has 1 aliphatic carbocycles. The molecular weight excluding hydrogens is 479 g/mol. The van der Waals surface area contributed by atoms with Crippen LogP contribution in [0, 0.1) is 17.7 Å². The highest BCUT2D eigenvalue weighted by Crippen LogP contribution is 2.37. The number of anilines is 1. The van der Waals surface area contributed by atoms with E-state index in [9.17, 15) is 9.18 Å². The smallest absolute Gasteiger partial charge is 0.211 e. The summed E-state index contributed by atoms with van der Waals surface area (Å²) >= 11 is 3.74. The first-order chi connectivity index (χ1) is 15.9. The third-order valence-corrected chi connectivity index (χ3v) is 5.66. The van der Waals surface area contributed by atoms with Gasteiger partial charge < -0.3 is 10.6 Å². The first kappa shape index (κ1) is 33.3. The van der Waals surface area contributed by atoms with Crippen LogP contribution in [0.4, 0.5) is 10.1 Å². The van der Waals surface area contributed by atoms with E-state index in [-0.39, 0.29) is 11.7 Å². The Kier molecular flexibility index (Phi) is 22.1. The molecule has 0 aromatic heterocycles. The second kappa shape index (κ2) is 21.9. The third kappa shape index (κ3) is 17.3. The van der Waals surface area contributed by atoms with Gasteiger partial charge in [-0.2, -0.15) is 0 Å². The fourth-order valence-electron chi connectivity index (χ4n) is 2.57. The van der Waals surface area contributed by atoms with Gasteiger partial charge in [-0.25, -0.2) is 4.39 Å². The van der Waals surface area contributed by atoms with Crippen LogP contribution in [0.3, 0.4) is 0 Å². The van der Waals surface area contributed by atoms with Crippen LogP contribution in [0.15, 0.2) is 54.9 Å². The summed E-state index contributed by atoms with van der Waals surface area (Å²) in [5.74, 6) is 1.04. The zero-order valence-corrected chi connectivity index (χ0v) is 23.3. The van der Waals surface area contributed by atoms with Crippen molar-refractivity contribution in [2.24, 2.45) is 11.8 Å². The molecule has 0 saturated heterocycles. The molecule has 0 heterocycles. The summed E-state index contributed by atoms with van der Waals surface area (Å²) in [6.07, 6.45) is 14.1. The highest BCUT2D eigenvalue weighted by Gasteiger charge is 2.21. The maximum atomic E-state index is 13.9. The molecule has 2 N–H and O–H groups in total. The Balaban J connectivity index is 0. The predicted octanol–water partition coefficient (Wildman–Crippen LogP) is 9.30. The van der Waals surface area contributed by atoms with Gasteiger partial charge in [0.2, 0.25) is 6.41 Å². The maximum absolute atomic E-state index is 13.9. The molecule has 33 heavy (non-hydrogen) atoms. The van der Waals surface area contributed by atoms with Crippen LogP contribution in [-0.2, 0) is 4.79 Å². The van der Waals surface area contributed by atoms with Gasteiger partial charge in [0.05, 0.1) is 5.69 Å². The first-order valence-corrected chi connectivity index (χ1v) is 13.2. The minimum absolute atomic E-state index is 0.224. The molecule has 0 radical (unpaired) electrons. The lowest BCUT2D eigenvalue weighted by atomic mass is 10.0. The average molecular weight is 526 g/mol. The van der Waals surface area contributed by atoms with Gasteiger partial charge in [-0.1, -0.05) is 108 Å². The van der Waals surface area contributed by atoms with E-state index >= 15 is 0 Å². The van der Waals surface area contributed by atoms with Crippen molar-refractivity contribution in [3.8, 4) is 0 Å². The summed E-state index contributed by atoms with van der Waals surface area (Å²) in [5, 5.41) is 5.47. The number of halogens is 2. The summed E-state index contributed by atoms with van der Waals surface area (Å²) in [4.78, 5) is 9.88. The van der Waals surface area contributed by atoms with Crippen molar-refractivity contribution in [1.82, 2.24) is 5.32 Å². The van der Waals surface area contributed by atoms with Gasteiger partial charge in [0, 0.05) is 16.7 Å². The van der Waals surface area contributed by atoms with Crippen LogP contribution in [0.5, 0.6) is 0 Å². The quantitative estimate of drug-likeness (QED) is 0.172. The van der Waals surface area contributed by atoms with Gasteiger partial charge >= 0.3 is 0 Å². The second-order valence-corrected chi connectivity index (χ2v) is 8.66. The molecule has 1 unspecified atom stereocenters. The van der Waals surface area contributed by atoms with E-state index in [0.29, 0.717) is 16.9 Å². The molecule has 1 atom stereocenters. The van der Waals surface area contributed by atoms with Gasteiger partial charge in [-0.3, -0.25) is 4.79 Å². The number of allylic oxidation sites excluding steroid dienone is 4. The monoisotopic (exact) mass is 524 g/mol. The number of rotatable bonds is 11. The number of benzene rings is 1. The summed E-state index contributed by atoms with van der Waals surface area (Å²) in [7, 11) is 0. The molecule has 5 heteroatoms. The topological polar surface area (TPSA) is 41.1 Å². The summed E-state index contributed by atoms with van der Waals surface area (Å²) in [6, 6.07) is 5.31. The molecule has 0 spiro atoms. The Bertz CT molecular complexity index is 697. The SMILES string of the molecule is C/C=C\C=C/NC=O.C=C(Nc1cc(C(Br)CCCC2CC2)ccc1F)C(C)C.CC.CC. The molecular formula is C28H46BrFN2O. The number of alkyl halides is 1. The van der Waals surface area contributed by atoms with Crippen molar-refractivity contribution in [2.45, 2.75) is 85.4 Å². The fraction of sp³-hybridized carbons (Fsp3) is 0.536. The molecule has 2 rings (SSSR count). The molecule has 1 fully saturated rings. The number of carbonyl (C=O) groups is 1. The van der Waals surface area contributed by atoms with Crippen molar-refractivity contribution in [3.63, 3.8) is 0 Å². The molecule has 0 bridgehead atoms. The van der Waals surface area contributed by atoms with E-state index in [4.69, 9.17) is 0 Å². The predicted molar refractivity (Wildman–Crippen MR) is 148 cm³/mol. The summed E-state index contributed by atoms with van der Waals surface area (Å²) in [6.45, 7) is 17.9. The van der Waals surface area contributed by atoms with Crippen LogP contribution in [0.25, 0.3) is 0 Å². The van der Waals surface area contributed by atoms with E-state index in [1.165, 1.54) is 25.7 Å². The van der Waals surface area contributed by atoms with Crippen molar-refractivity contribution < 1.29 is 9.18 Å². The van der Waals surface area contributed by atoms with E-state index in [2.05, 4.69) is 33.1 Å². The Hall–Kier alpha value is -1.88. The Labute approximate surface area is 211 Å². The number of hydrogen-bond donors (Lipinski definition) is 2. The maximum Gasteiger partial charge on any atom is 0.211 e. The van der Waals surface area contributed by atoms with Crippen LogP contribution in [0.1, 0.15) is 91.0 Å². The van der Waals surface area contributed by atoms with Gasteiger partial charge in [-0.05, 0) is 49.0 Å². The van der Waals surface area contributed by atoms with Crippen molar-refractivity contribution in [1.29, 1.82) is 0 Å². The average Bonchev–Trinajstić information content (AvgIpc) is 3.65. The molecule has 0 aliphatic heterocycles. The van der Waals surface area contributed by atoms with E-state index in [0.717, 1.165) is 23.6 Å². The lowest BCUT2D eigenvalue weighted by Gasteiger charge is -2.16. The summed E-state index contributed by atoms with van der Waals surface area (Å²) in [5.41, 5.74) is 2.50. The zero-order valence-electron chi connectivity index (χ0n) is 21.8. The number of amides is 1. The van der Waals surface area contributed by atoms with Crippen LogP contribution in [0.2, 0.25) is 0 Å². The van der Waals surface area contributed by atoms with Gasteiger partial charge in [-0.15, -0.1) is 0 Å². The van der Waals surface area contributed by atoms with Crippen molar-refractivity contribution in [3.05, 3.63) is 66.3 Å². The second-order valence-electron chi connectivity index (χ2n) is 7.56. The molecule has 3 nitrogen and oxygen atoms in total. The highest BCUT2D eigenvalue weighted by atomic mass is 79.9. The van der Waals surface area contributed by atoms with Gasteiger partial charge in [0.15, 0.2) is 0 Å². The van der Waals surface area contributed by atoms with E-state index in [1.54, 1.807) is 18.3 Å². The van der Waals surface area contributed by atoms with Gasteiger partial charge in [0.25, 0.3) is 0 Å². The highest BCUT2D eigenvalue weighted by molar-refractivity contribution is 9.09. The third-order valence-electron chi connectivity index (χ3n) is 4.68. The van der Waals surface area contributed by atoms with Crippen LogP contribution in [-0.4, -0.2) is 6.41 Å². The molecule has 188 valence electrons. The number of carbonyl (C=O) groups excluding carboxylic acids is 1. The molecule has 1 amide bonds. The van der Waals surface area contributed by atoms with E-state index < -0.39 is 0 Å². The van der Waals surface area contributed by atoms with Crippen LogP contribution < -0.4 is 10.6 Å². The van der Waals surface area contributed by atoms with Crippen molar-refractivity contribution in [2.75, 3.05) is 5.32 Å². The standard InChI is InChI=1S/C18H25BrFN.C6H9NO.2C2H6/c1-12(2)13(3)21-18-11-15(9-10-17(18)20)16(19)6-4-5-14-7-8-14;1-2-3-4-5-7-6-8;2*1-2/h9-12,14,16,21H,3-8H2,1-2H3;2-6H,1H3,(H,7,8);2*1-2H3/b;3-2-,5-4-;;. The fourth-order valence-corrected chi connectivity index (χ4v) is 3.18. The lowest BCUT2D eigenvalue weighted by Crippen LogP contribution is -2.06. The Morgan fingerprint density at radius 3 is 2.36 bits per heavy atom. The minimum Gasteiger partial charge on any atom is -0.357 e. The van der Waals surface area contributed by atoms with Crippen LogP contribution >= 0.6 is 15.9 Å². The first-order valence-electron chi connectivity index (χ1n) is 12.3. The number of nitrogens with one attached hydrogen (secondary N) is 2. The summed E-state index contributed by atoms with van der Waals surface area (Å²) < 4.78 is 13.9. The largest absolute Gasteiger partial charge is 0.357 e. The molecule has 1 aromatic carbocycles. The minimum atomic E-state index is -0.224. The Morgan fingerprint density at radius 1 is 1.21 bits per heavy atom. The molecule has 1 aliphatic rings. The number of hydrogen-bond acceptors (Lipinski definition) is 2. The van der Waals surface area contributed by atoms with Gasteiger partial charge in [0.1, 0.15) is 5.82 Å². The van der Waals surface area contributed by atoms with Crippen molar-refractivity contribution >= 4 is 28.0 Å².